The first-order chi connectivity index (χ1) is 5.07. The van der Waals surface area contributed by atoms with Gasteiger partial charge in [-0.25, -0.2) is 0 Å². The van der Waals surface area contributed by atoms with E-state index in [9.17, 15) is 9.59 Å². The second-order valence-electron chi connectivity index (χ2n) is 1.81. The number of alkyl halides is 1. The third-order valence-electron chi connectivity index (χ3n) is 0.919. The van der Waals surface area contributed by atoms with Gasteiger partial charge in [-0.1, -0.05) is 15.9 Å². The van der Waals surface area contributed by atoms with Crippen LogP contribution in [0, 0.1) is 0 Å². The van der Waals surface area contributed by atoms with Crippen molar-refractivity contribution < 1.29 is 19.4 Å². The monoisotopic (exact) mass is 224 g/mol. The Hall–Kier alpha value is -0.580. The molecule has 0 spiro atoms. The molecule has 0 aromatic heterocycles. The Labute approximate surface area is 72.7 Å². The molecule has 1 atom stereocenters. The zero-order valence-electron chi connectivity index (χ0n) is 6.04. The summed E-state index contributed by atoms with van der Waals surface area (Å²) in [6, 6.07) is 0. The Morgan fingerprint density at radius 2 is 2.18 bits per heavy atom. The number of carbonyl (C=O) groups excluding carboxylic acids is 1. The maximum Gasteiger partial charge on any atom is 0.317 e. The van der Waals surface area contributed by atoms with Crippen LogP contribution in [0.15, 0.2) is 0 Å². The maximum atomic E-state index is 10.6. The maximum absolute atomic E-state index is 10.6. The molecule has 4 nitrogen and oxygen atoms in total. The van der Waals surface area contributed by atoms with Crippen LogP contribution in [-0.2, 0) is 14.3 Å². The lowest BCUT2D eigenvalue weighted by molar-refractivity contribution is -0.146. The average Bonchev–Trinajstić information content (AvgIpc) is 1.87. The van der Waals surface area contributed by atoms with Crippen molar-refractivity contribution in [3.8, 4) is 0 Å². The van der Waals surface area contributed by atoms with Crippen LogP contribution < -0.4 is 0 Å². The van der Waals surface area contributed by atoms with Gasteiger partial charge in [0.2, 0.25) is 0 Å². The summed E-state index contributed by atoms with van der Waals surface area (Å²) in [5, 5.41) is 8.34. The summed E-state index contributed by atoms with van der Waals surface area (Å²) in [4.78, 5) is 20.0. The first kappa shape index (κ1) is 10.4. The third kappa shape index (κ3) is 4.78. The van der Waals surface area contributed by atoms with E-state index in [0.717, 1.165) is 0 Å². The van der Waals surface area contributed by atoms with Crippen LogP contribution in [0.2, 0.25) is 0 Å². The zero-order chi connectivity index (χ0) is 8.85. The molecule has 0 aromatic carbocycles. The SMILES string of the molecule is CCOC(=O)C[C@@H](Br)C(=O)O. The number of hydrogen-bond donors (Lipinski definition) is 1. The van der Waals surface area contributed by atoms with Crippen molar-refractivity contribution in [3.63, 3.8) is 0 Å². The summed E-state index contributed by atoms with van der Waals surface area (Å²) in [6.07, 6.45) is -0.136. The second-order valence-corrected chi connectivity index (χ2v) is 2.92. The molecule has 64 valence electrons. The minimum absolute atomic E-state index is 0.136. The summed E-state index contributed by atoms with van der Waals surface area (Å²) < 4.78 is 4.53. The molecule has 0 rings (SSSR count). The number of halogens is 1. The van der Waals surface area contributed by atoms with Gasteiger partial charge in [0.25, 0.3) is 0 Å². The quantitative estimate of drug-likeness (QED) is 0.567. The van der Waals surface area contributed by atoms with Gasteiger partial charge in [-0.15, -0.1) is 0 Å². The van der Waals surface area contributed by atoms with Crippen LogP contribution >= 0.6 is 15.9 Å². The van der Waals surface area contributed by atoms with Gasteiger partial charge in [0.05, 0.1) is 13.0 Å². The van der Waals surface area contributed by atoms with Gasteiger partial charge in [-0.2, -0.15) is 0 Å². The summed E-state index contributed by atoms with van der Waals surface area (Å²) in [5.74, 6) is -1.56. The topological polar surface area (TPSA) is 63.6 Å². The normalized spacial score (nSPS) is 12.2. The fraction of sp³-hybridized carbons (Fsp3) is 0.667. The summed E-state index contributed by atoms with van der Waals surface area (Å²) in [6.45, 7) is 1.94. The van der Waals surface area contributed by atoms with E-state index >= 15 is 0 Å². The predicted octanol–water partition coefficient (Wildman–Crippen LogP) is 0.788. The van der Waals surface area contributed by atoms with Crippen LogP contribution in [0.1, 0.15) is 13.3 Å². The Morgan fingerprint density at radius 1 is 1.64 bits per heavy atom. The van der Waals surface area contributed by atoms with E-state index in [1.165, 1.54) is 0 Å². The van der Waals surface area contributed by atoms with E-state index in [1.807, 2.05) is 0 Å². The highest BCUT2D eigenvalue weighted by Gasteiger charge is 2.17. The minimum atomic E-state index is -1.06. The Balaban J connectivity index is 3.66. The molecule has 11 heavy (non-hydrogen) atoms. The van der Waals surface area contributed by atoms with Crippen molar-refractivity contribution in [2.24, 2.45) is 0 Å². The van der Waals surface area contributed by atoms with E-state index in [4.69, 9.17) is 5.11 Å². The molecule has 0 aliphatic rings. The van der Waals surface area contributed by atoms with Gasteiger partial charge < -0.3 is 9.84 Å². The minimum Gasteiger partial charge on any atom is -0.480 e. The van der Waals surface area contributed by atoms with Gasteiger partial charge >= 0.3 is 11.9 Å². The van der Waals surface area contributed by atoms with Crippen molar-refractivity contribution in [3.05, 3.63) is 0 Å². The fourth-order valence-corrected chi connectivity index (χ4v) is 0.718. The number of rotatable bonds is 4. The van der Waals surface area contributed by atoms with E-state index in [-0.39, 0.29) is 13.0 Å². The molecular formula is C6H9BrO4. The van der Waals surface area contributed by atoms with Crippen LogP contribution in [0.4, 0.5) is 0 Å². The summed E-state index contributed by atoms with van der Waals surface area (Å²) in [5.41, 5.74) is 0. The molecule has 1 N–H and O–H groups in total. The van der Waals surface area contributed by atoms with E-state index in [1.54, 1.807) is 6.92 Å². The van der Waals surface area contributed by atoms with Gasteiger partial charge in [0, 0.05) is 0 Å². The average molecular weight is 225 g/mol. The largest absolute Gasteiger partial charge is 0.480 e. The molecular weight excluding hydrogens is 216 g/mol. The summed E-state index contributed by atoms with van der Waals surface area (Å²) in [7, 11) is 0. The molecule has 0 aromatic rings. The molecule has 0 amide bonds. The molecule has 0 aliphatic carbocycles. The molecule has 0 radical (unpaired) electrons. The van der Waals surface area contributed by atoms with Crippen molar-refractivity contribution in [2.75, 3.05) is 6.61 Å². The standard InChI is InChI=1S/C6H9BrO4/c1-2-11-5(8)3-4(7)6(9)10/h4H,2-3H2,1H3,(H,9,10)/t4-/m1/s1. The van der Waals surface area contributed by atoms with Crippen molar-refractivity contribution >= 4 is 27.9 Å². The lowest BCUT2D eigenvalue weighted by atomic mass is 10.3. The second kappa shape index (κ2) is 5.12. The number of esters is 1. The number of carbonyl (C=O) groups is 2. The first-order valence-corrected chi connectivity index (χ1v) is 4.02. The van der Waals surface area contributed by atoms with Crippen LogP contribution in [0.5, 0.6) is 0 Å². The fourth-order valence-electron chi connectivity index (χ4n) is 0.454. The molecule has 5 heteroatoms. The molecule has 0 saturated heterocycles. The van der Waals surface area contributed by atoms with E-state index in [2.05, 4.69) is 20.7 Å². The lowest BCUT2D eigenvalue weighted by Gasteiger charge is -2.02. The third-order valence-corrected chi connectivity index (χ3v) is 1.63. The van der Waals surface area contributed by atoms with Crippen molar-refractivity contribution in [2.45, 2.75) is 18.2 Å². The van der Waals surface area contributed by atoms with Crippen LogP contribution in [-0.4, -0.2) is 28.5 Å². The summed E-state index contributed by atoms with van der Waals surface area (Å²) >= 11 is 2.81. The van der Waals surface area contributed by atoms with Gasteiger partial charge in [-0.05, 0) is 6.92 Å². The number of ether oxygens (including phenoxy) is 1. The molecule has 0 aliphatic heterocycles. The van der Waals surface area contributed by atoms with Crippen molar-refractivity contribution in [1.29, 1.82) is 0 Å². The van der Waals surface area contributed by atoms with Crippen LogP contribution in [0.25, 0.3) is 0 Å². The van der Waals surface area contributed by atoms with Crippen LogP contribution in [0.3, 0.4) is 0 Å². The van der Waals surface area contributed by atoms with E-state index < -0.39 is 16.8 Å². The lowest BCUT2D eigenvalue weighted by Crippen LogP contribution is -2.18. The molecule has 0 unspecified atom stereocenters. The predicted molar refractivity (Wildman–Crippen MR) is 41.6 cm³/mol. The Bertz CT molecular complexity index is 157. The first-order valence-electron chi connectivity index (χ1n) is 3.10. The Kier molecular flexibility index (Phi) is 4.85. The number of hydrogen-bond acceptors (Lipinski definition) is 3. The molecule has 0 saturated carbocycles. The molecule has 0 fully saturated rings. The van der Waals surface area contributed by atoms with Crippen molar-refractivity contribution in [1.82, 2.24) is 0 Å². The van der Waals surface area contributed by atoms with Gasteiger partial charge in [-0.3, -0.25) is 9.59 Å². The smallest absolute Gasteiger partial charge is 0.317 e. The zero-order valence-corrected chi connectivity index (χ0v) is 7.63. The number of aliphatic carboxylic acids is 1. The molecule has 0 heterocycles. The van der Waals surface area contributed by atoms with Gasteiger partial charge in [0.15, 0.2) is 0 Å². The van der Waals surface area contributed by atoms with E-state index in [0.29, 0.717) is 0 Å². The number of carboxylic acid groups (broad SMARTS) is 1. The van der Waals surface area contributed by atoms with Gasteiger partial charge in [0.1, 0.15) is 4.83 Å². The highest BCUT2D eigenvalue weighted by Crippen LogP contribution is 2.05. The number of carboxylic acids is 1. The highest BCUT2D eigenvalue weighted by atomic mass is 79.9. The molecule has 0 bridgehead atoms. The Morgan fingerprint density at radius 3 is 2.55 bits per heavy atom. The highest BCUT2D eigenvalue weighted by molar-refractivity contribution is 9.10.